The SMILES string of the molecule is Cc1ccc(-c2[nH]ncc2CNCCOCC(F)F)o1. The van der Waals surface area contributed by atoms with Gasteiger partial charge in [-0.25, -0.2) is 8.78 Å². The fourth-order valence-electron chi connectivity index (χ4n) is 1.77. The number of aromatic nitrogens is 2. The van der Waals surface area contributed by atoms with Crippen molar-refractivity contribution in [2.24, 2.45) is 0 Å². The molecule has 0 saturated carbocycles. The quantitative estimate of drug-likeness (QED) is 0.731. The lowest BCUT2D eigenvalue weighted by molar-refractivity contribution is 0.0187. The first-order chi connectivity index (χ1) is 9.66. The highest BCUT2D eigenvalue weighted by Gasteiger charge is 2.10. The number of ether oxygens (including phenoxy) is 1. The second-order valence-electron chi connectivity index (χ2n) is 4.32. The van der Waals surface area contributed by atoms with Crippen LogP contribution in [-0.2, 0) is 11.3 Å². The third kappa shape index (κ3) is 4.14. The Labute approximate surface area is 115 Å². The normalized spacial score (nSPS) is 11.4. The molecule has 0 aliphatic heterocycles. The third-order valence-electron chi connectivity index (χ3n) is 2.69. The van der Waals surface area contributed by atoms with Crippen LogP contribution in [0.3, 0.4) is 0 Å². The Morgan fingerprint density at radius 3 is 3.00 bits per heavy atom. The lowest BCUT2D eigenvalue weighted by atomic mass is 10.2. The van der Waals surface area contributed by atoms with E-state index in [2.05, 4.69) is 15.5 Å². The molecule has 0 fully saturated rings. The van der Waals surface area contributed by atoms with Crippen molar-refractivity contribution in [3.63, 3.8) is 0 Å². The molecule has 2 aromatic rings. The van der Waals surface area contributed by atoms with Gasteiger partial charge in [0.05, 0.1) is 12.8 Å². The molecule has 20 heavy (non-hydrogen) atoms. The number of hydrogen-bond acceptors (Lipinski definition) is 4. The number of H-pyrrole nitrogens is 1. The molecule has 5 nitrogen and oxygen atoms in total. The topological polar surface area (TPSA) is 63.1 Å². The summed E-state index contributed by atoms with van der Waals surface area (Å²) in [6.45, 7) is 2.65. The first-order valence-electron chi connectivity index (χ1n) is 6.32. The number of hydrogen-bond donors (Lipinski definition) is 2. The monoisotopic (exact) mass is 285 g/mol. The van der Waals surface area contributed by atoms with E-state index in [1.807, 2.05) is 19.1 Å². The summed E-state index contributed by atoms with van der Waals surface area (Å²) in [7, 11) is 0. The average Bonchev–Trinajstić information content (AvgIpc) is 3.01. The number of rotatable bonds is 8. The zero-order valence-corrected chi connectivity index (χ0v) is 11.2. The summed E-state index contributed by atoms with van der Waals surface area (Å²) in [5.41, 5.74) is 1.77. The molecule has 0 amide bonds. The second-order valence-corrected chi connectivity index (χ2v) is 4.32. The molecule has 2 aromatic heterocycles. The summed E-state index contributed by atoms with van der Waals surface area (Å²) >= 11 is 0. The van der Waals surface area contributed by atoms with Crippen LogP contribution in [0.2, 0.25) is 0 Å². The Morgan fingerprint density at radius 2 is 2.30 bits per heavy atom. The highest BCUT2D eigenvalue weighted by molar-refractivity contribution is 5.56. The molecule has 0 spiro atoms. The standard InChI is InChI=1S/C13H17F2N3O2/c1-9-2-3-11(20-9)13-10(7-17-18-13)6-16-4-5-19-8-12(14)15/h2-3,7,12,16H,4-6,8H2,1H3,(H,17,18). The van der Waals surface area contributed by atoms with Crippen LogP contribution in [0.1, 0.15) is 11.3 Å². The third-order valence-corrected chi connectivity index (χ3v) is 2.69. The van der Waals surface area contributed by atoms with Gasteiger partial charge in [0.1, 0.15) is 18.1 Å². The van der Waals surface area contributed by atoms with Crippen molar-refractivity contribution < 1.29 is 17.9 Å². The van der Waals surface area contributed by atoms with E-state index in [-0.39, 0.29) is 6.61 Å². The number of halogens is 2. The first-order valence-corrected chi connectivity index (χ1v) is 6.32. The lowest BCUT2D eigenvalue weighted by Gasteiger charge is -2.05. The van der Waals surface area contributed by atoms with Crippen molar-refractivity contribution in [1.82, 2.24) is 15.5 Å². The van der Waals surface area contributed by atoms with E-state index < -0.39 is 13.0 Å². The number of aryl methyl sites for hydroxylation is 1. The van der Waals surface area contributed by atoms with E-state index in [0.29, 0.717) is 13.1 Å². The highest BCUT2D eigenvalue weighted by Crippen LogP contribution is 2.22. The minimum Gasteiger partial charge on any atom is -0.460 e. The van der Waals surface area contributed by atoms with Gasteiger partial charge in [0, 0.05) is 18.7 Å². The van der Waals surface area contributed by atoms with Crippen molar-refractivity contribution >= 4 is 0 Å². The Hall–Kier alpha value is -1.73. The van der Waals surface area contributed by atoms with Crippen LogP contribution in [0.5, 0.6) is 0 Å². The molecule has 0 aliphatic carbocycles. The number of alkyl halides is 2. The molecule has 0 saturated heterocycles. The van der Waals surface area contributed by atoms with E-state index in [1.165, 1.54) is 0 Å². The van der Waals surface area contributed by atoms with E-state index in [9.17, 15) is 8.78 Å². The molecule has 2 rings (SSSR count). The summed E-state index contributed by atoms with van der Waals surface area (Å²) in [4.78, 5) is 0. The van der Waals surface area contributed by atoms with Crippen molar-refractivity contribution in [1.29, 1.82) is 0 Å². The van der Waals surface area contributed by atoms with Crippen LogP contribution in [0.15, 0.2) is 22.7 Å². The fourth-order valence-corrected chi connectivity index (χ4v) is 1.77. The Bertz CT molecular complexity index is 525. The summed E-state index contributed by atoms with van der Waals surface area (Å²) in [5.74, 6) is 1.56. The number of nitrogens with zero attached hydrogens (tertiary/aromatic N) is 1. The van der Waals surface area contributed by atoms with Crippen LogP contribution >= 0.6 is 0 Å². The zero-order valence-electron chi connectivity index (χ0n) is 11.2. The second kappa shape index (κ2) is 7.16. The maximum atomic E-state index is 11.8. The van der Waals surface area contributed by atoms with E-state index in [0.717, 1.165) is 22.8 Å². The van der Waals surface area contributed by atoms with Crippen molar-refractivity contribution in [3.05, 3.63) is 29.7 Å². The maximum Gasteiger partial charge on any atom is 0.261 e. The molecular formula is C13H17F2N3O2. The average molecular weight is 285 g/mol. The van der Waals surface area contributed by atoms with Gasteiger partial charge < -0.3 is 14.5 Å². The van der Waals surface area contributed by atoms with Crippen LogP contribution in [0, 0.1) is 6.92 Å². The summed E-state index contributed by atoms with van der Waals surface area (Å²) < 4.78 is 34.0. The van der Waals surface area contributed by atoms with Crippen molar-refractivity contribution in [2.75, 3.05) is 19.8 Å². The predicted octanol–water partition coefficient (Wildman–Crippen LogP) is 2.35. The van der Waals surface area contributed by atoms with Crippen molar-refractivity contribution in [2.45, 2.75) is 19.9 Å². The molecule has 110 valence electrons. The van der Waals surface area contributed by atoms with Crippen LogP contribution < -0.4 is 5.32 Å². The van der Waals surface area contributed by atoms with E-state index in [1.54, 1.807) is 6.20 Å². The van der Waals surface area contributed by atoms with Crippen LogP contribution in [0.4, 0.5) is 8.78 Å². The molecule has 0 radical (unpaired) electrons. The Morgan fingerprint density at radius 1 is 1.45 bits per heavy atom. The molecular weight excluding hydrogens is 268 g/mol. The number of aromatic amines is 1. The minimum absolute atomic E-state index is 0.247. The first kappa shape index (κ1) is 14.7. The largest absolute Gasteiger partial charge is 0.460 e. The smallest absolute Gasteiger partial charge is 0.261 e. The van der Waals surface area contributed by atoms with Crippen molar-refractivity contribution in [3.8, 4) is 11.5 Å². The molecule has 7 heteroatoms. The van der Waals surface area contributed by atoms with Gasteiger partial charge in [0.2, 0.25) is 0 Å². The zero-order chi connectivity index (χ0) is 14.4. The van der Waals surface area contributed by atoms with Crippen LogP contribution in [-0.4, -0.2) is 36.4 Å². The molecule has 2 heterocycles. The molecule has 0 unspecified atom stereocenters. The maximum absolute atomic E-state index is 11.8. The van der Waals surface area contributed by atoms with E-state index in [4.69, 9.17) is 9.15 Å². The molecule has 0 atom stereocenters. The Balaban J connectivity index is 1.78. The van der Waals surface area contributed by atoms with Gasteiger partial charge in [-0.1, -0.05) is 0 Å². The summed E-state index contributed by atoms with van der Waals surface area (Å²) in [5, 5.41) is 9.99. The number of nitrogens with one attached hydrogen (secondary N) is 2. The van der Waals surface area contributed by atoms with Gasteiger partial charge in [-0.3, -0.25) is 5.10 Å². The number of furan rings is 1. The molecule has 0 aromatic carbocycles. The van der Waals surface area contributed by atoms with Gasteiger partial charge >= 0.3 is 0 Å². The van der Waals surface area contributed by atoms with Gasteiger partial charge in [-0.05, 0) is 19.1 Å². The highest BCUT2D eigenvalue weighted by atomic mass is 19.3. The predicted molar refractivity (Wildman–Crippen MR) is 69.6 cm³/mol. The molecule has 0 bridgehead atoms. The van der Waals surface area contributed by atoms with E-state index >= 15 is 0 Å². The van der Waals surface area contributed by atoms with Crippen LogP contribution in [0.25, 0.3) is 11.5 Å². The lowest BCUT2D eigenvalue weighted by Crippen LogP contribution is -2.20. The molecule has 0 aliphatic rings. The summed E-state index contributed by atoms with van der Waals surface area (Å²) in [6, 6.07) is 3.75. The van der Waals surface area contributed by atoms with Gasteiger partial charge in [-0.15, -0.1) is 0 Å². The van der Waals surface area contributed by atoms with Gasteiger partial charge in [0.15, 0.2) is 5.76 Å². The fraction of sp³-hybridized carbons (Fsp3) is 0.462. The Kier molecular flexibility index (Phi) is 5.25. The van der Waals surface area contributed by atoms with Gasteiger partial charge in [0.25, 0.3) is 6.43 Å². The molecule has 2 N–H and O–H groups in total. The minimum atomic E-state index is -2.42. The summed E-state index contributed by atoms with van der Waals surface area (Å²) in [6.07, 6.45) is -0.710. The van der Waals surface area contributed by atoms with Gasteiger partial charge in [-0.2, -0.15) is 5.10 Å².